The predicted octanol–water partition coefficient (Wildman–Crippen LogP) is 2.05. The van der Waals surface area contributed by atoms with E-state index in [-0.39, 0.29) is 6.61 Å². The summed E-state index contributed by atoms with van der Waals surface area (Å²) >= 11 is 0. The van der Waals surface area contributed by atoms with Gasteiger partial charge in [0.1, 0.15) is 12.3 Å². The maximum atomic E-state index is 11.3. The fourth-order valence-electron chi connectivity index (χ4n) is 3.54. The Hall–Kier alpha value is -3.46. The lowest BCUT2D eigenvalue weighted by Crippen LogP contribution is -2.47. The largest absolute Gasteiger partial charge is 0.445 e. The van der Waals surface area contributed by atoms with Gasteiger partial charge in [0, 0.05) is 82.3 Å². The molecule has 2 aromatic rings. The Labute approximate surface area is 189 Å². The molecule has 170 valence electrons. The van der Waals surface area contributed by atoms with Crippen LogP contribution in [0.25, 0.3) is 11.3 Å². The minimum Gasteiger partial charge on any atom is -0.445 e. The fourth-order valence-corrected chi connectivity index (χ4v) is 3.54. The van der Waals surface area contributed by atoms with Crippen LogP contribution in [0.15, 0.2) is 53.4 Å². The molecule has 0 aliphatic carbocycles. The smallest absolute Gasteiger partial charge is 0.407 e. The monoisotopic (exact) mass is 437 g/mol. The molecule has 0 saturated carbocycles. The lowest BCUT2D eigenvalue weighted by Gasteiger charge is -2.36. The Morgan fingerprint density at radius 1 is 1.19 bits per heavy atom. The second-order valence-electron chi connectivity index (χ2n) is 7.52. The average molecular weight is 438 g/mol. The van der Waals surface area contributed by atoms with E-state index in [1.165, 1.54) is 7.05 Å². The van der Waals surface area contributed by atoms with Gasteiger partial charge in [0.15, 0.2) is 5.82 Å². The summed E-state index contributed by atoms with van der Waals surface area (Å²) in [5.41, 5.74) is 10.5. The molecule has 9 heteroatoms. The highest BCUT2D eigenvalue weighted by atomic mass is 16.5. The molecule has 3 N–H and O–H groups in total. The molecule has 1 fully saturated rings. The van der Waals surface area contributed by atoms with Gasteiger partial charge in [-0.15, -0.1) is 0 Å². The third-order valence-electron chi connectivity index (χ3n) is 5.55. The number of aromatic nitrogens is 2. The molecule has 0 atom stereocenters. The van der Waals surface area contributed by atoms with Crippen LogP contribution in [0, 0.1) is 0 Å². The molecule has 1 aromatic heterocycles. The SMILES string of the molecule is CN=C(C)/C(=C\N)CN1CCN(c2nccnc2-c2ccc(COC(=O)NC)cc2)CC1. The number of hydrogen-bond donors (Lipinski definition) is 2. The van der Waals surface area contributed by atoms with Gasteiger partial charge in [0.25, 0.3) is 0 Å². The lowest BCUT2D eigenvalue weighted by molar-refractivity contribution is 0.142. The Bertz CT molecular complexity index is 965. The molecular weight excluding hydrogens is 406 g/mol. The van der Waals surface area contributed by atoms with Gasteiger partial charge >= 0.3 is 6.09 Å². The van der Waals surface area contributed by atoms with Crippen LogP contribution >= 0.6 is 0 Å². The molecule has 0 spiro atoms. The van der Waals surface area contributed by atoms with Crippen LogP contribution in [0.5, 0.6) is 0 Å². The van der Waals surface area contributed by atoms with E-state index in [9.17, 15) is 4.79 Å². The molecule has 0 bridgehead atoms. The van der Waals surface area contributed by atoms with Crippen LogP contribution in [0.2, 0.25) is 0 Å². The highest BCUT2D eigenvalue weighted by Gasteiger charge is 2.22. The third kappa shape index (κ3) is 5.82. The summed E-state index contributed by atoms with van der Waals surface area (Å²) in [4.78, 5) is 29.4. The summed E-state index contributed by atoms with van der Waals surface area (Å²) in [5.74, 6) is 0.877. The summed E-state index contributed by atoms with van der Waals surface area (Å²) in [5, 5.41) is 2.44. The van der Waals surface area contributed by atoms with Crippen LogP contribution in [-0.4, -0.2) is 73.5 Å². The maximum absolute atomic E-state index is 11.3. The van der Waals surface area contributed by atoms with Crippen molar-refractivity contribution < 1.29 is 9.53 Å². The number of ether oxygens (including phenoxy) is 1. The molecule has 3 rings (SSSR count). The second-order valence-corrected chi connectivity index (χ2v) is 7.52. The number of carbonyl (C=O) groups is 1. The van der Waals surface area contributed by atoms with E-state index in [1.807, 2.05) is 31.2 Å². The van der Waals surface area contributed by atoms with Crippen LogP contribution in [0.3, 0.4) is 0 Å². The maximum Gasteiger partial charge on any atom is 0.407 e. The standard InChI is InChI=1S/C23H31N7O2/c1-17(25-2)20(14-24)15-29-10-12-30(13-11-29)22-21(27-8-9-28-22)19-6-4-18(5-7-19)16-32-23(31)26-3/h4-9,14H,10-13,15-16,24H2,1-3H3,(H,26,31)/b20-14-,25-17?. The van der Waals surface area contributed by atoms with Crippen molar-refractivity contribution in [3.8, 4) is 11.3 Å². The quantitative estimate of drug-likeness (QED) is 0.638. The van der Waals surface area contributed by atoms with E-state index >= 15 is 0 Å². The molecule has 32 heavy (non-hydrogen) atoms. The van der Waals surface area contributed by atoms with E-state index < -0.39 is 6.09 Å². The van der Waals surface area contributed by atoms with E-state index in [0.717, 1.165) is 66.6 Å². The van der Waals surface area contributed by atoms with E-state index in [2.05, 4.69) is 30.1 Å². The number of hydrogen-bond acceptors (Lipinski definition) is 8. The van der Waals surface area contributed by atoms with Crippen molar-refractivity contribution in [2.45, 2.75) is 13.5 Å². The van der Waals surface area contributed by atoms with Gasteiger partial charge in [-0.1, -0.05) is 24.3 Å². The van der Waals surface area contributed by atoms with Crippen molar-refractivity contribution in [1.82, 2.24) is 20.2 Å². The normalized spacial score (nSPS) is 15.5. The summed E-state index contributed by atoms with van der Waals surface area (Å²) < 4.78 is 5.10. The Kier molecular flexibility index (Phi) is 8.15. The van der Waals surface area contributed by atoms with Gasteiger partial charge in [-0.2, -0.15) is 0 Å². The molecule has 1 aliphatic heterocycles. The minimum absolute atomic E-state index is 0.219. The number of carbonyl (C=O) groups excluding carboxylic acids is 1. The summed E-state index contributed by atoms with van der Waals surface area (Å²) in [6.45, 7) is 6.50. The number of nitrogens with one attached hydrogen (secondary N) is 1. The number of rotatable bonds is 7. The number of nitrogens with two attached hydrogens (primary N) is 1. The number of anilines is 1. The Morgan fingerprint density at radius 2 is 1.88 bits per heavy atom. The van der Waals surface area contributed by atoms with E-state index in [4.69, 9.17) is 10.5 Å². The van der Waals surface area contributed by atoms with Gasteiger partial charge in [-0.25, -0.2) is 9.78 Å². The van der Waals surface area contributed by atoms with E-state index in [1.54, 1.807) is 25.6 Å². The first kappa shape index (κ1) is 23.2. The second kappa shape index (κ2) is 11.2. The molecule has 2 heterocycles. The zero-order valence-corrected chi connectivity index (χ0v) is 18.9. The van der Waals surface area contributed by atoms with Crippen molar-refractivity contribution in [1.29, 1.82) is 0 Å². The van der Waals surface area contributed by atoms with Gasteiger partial charge in [-0.05, 0) is 12.5 Å². The first-order valence-corrected chi connectivity index (χ1v) is 10.6. The zero-order chi connectivity index (χ0) is 22.9. The zero-order valence-electron chi connectivity index (χ0n) is 18.9. The van der Waals surface area contributed by atoms with Gasteiger partial charge in [0.05, 0.1) is 0 Å². The number of amides is 1. The fraction of sp³-hybridized carbons (Fsp3) is 0.391. The van der Waals surface area contributed by atoms with Gasteiger partial charge in [0.2, 0.25) is 0 Å². The lowest BCUT2D eigenvalue weighted by atomic mass is 10.1. The topological polar surface area (TPSA) is 109 Å². The molecule has 1 amide bonds. The highest BCUT2D eigenvalue weighted by Crippen LogP contribution is 2.27. The van der Waals surface area contributed by atoms with Gasteiger partial charge < -0.3 is 20.7 Å². The molecule has 0 unspecified atom stereocenters. The summed E-state index contributed by atoms with van der Waals surface area (Å²) in [7, 11) is 3.32. The first-order chi connectivity index (χ1) is 15.5. The highest BCUT2D eigenvalue weighted by molar-refractivity contribution is 5.98. The van der Waals surface area contributed by atoms with E-state index in [0.29, 0.717) is 0 Å². The Morgan fingerprint density at radius 3 is 2.50 bits per heavy atom. The third-order valence-corrected chi connectivity index (χ3v) is 5.55. The number of piperazine rings is 1. The minimum atomic E-state index is -0.448. The van der Waals surface area contributed by atoms with Crippen LogP contribution in [0.4, 0.5) is 10.6 Å². The van der Waals surface area contributed by atoms with Crippen LogP contribution < -0.4 is 16.0 Å². The predicted molar refractivity (Wildman–Crippen MR) is 127 cm³/mol. The molecule has 9 nitrogen and oxygen atoms in total. The number of benzene rings is 1. The van der Waals surface area contributed by atoms with Crippen LogP contribution in [0.1, 0.15) is 12.5 Å². The summed E-state index contributed by atoms with van der Waals surface area (Å²) in [6, 6.07) is 7.84. The van der Waals surface area contributed by atoms with Crippen molar-refractivity contribution in [3.05, 3.63) is 54.0 Å². The molecule has 1 saturated heterocycles. The number of alkyl carbamates (subject to hydrolysis) is 1. The molecular formula is C23H31N7O2. The molecule has 1 aromatic carbocycles. The van der Waals surface area contributed by atoms with Crippen molar-refractivity contribution in [2.24, 2.45) is 10.7 Å². The average Bonchev–Trinajstić information content (AvgIpc) is 2.86. The van der Waals surface area contributed by atoms with Crippen molar-refractivity contribution in [3.63, 3.8) is 0 Å². The molecule has 1 aliphatic rings. The number of nitrogens with zero attached hydrogens (tertiary/aromatic N) is 5. The Balaban J connectivity index is 1.67. The molecule has 0 radical (unpaired) electrons. The van der Waals surface area contributed by atoms with Crippen molar-refractivity contribution in [2.75, 3.05) is 51.7 Å². The van der Waals surface area contributed by atoms with Crippen molar-refractivity contribution >= 4 is 17.6 Å². The van der Waals surface area contributed by atoms with Crippen LogP contribution in [-0.2, 0) is 11.3 Å². The first-order valence-electron chi connectivity index (χ1n) is 10.6. The van der Waals surface area contributed by atoms with Gasteiger partial charge in [-0.3, -0.25) is 14.9 Å². The number of aliphatic imine (C=N–C) groups is 1. The summed E-state index contributed by atoms with van der Waals surface area (Å²) in [6.07, 6.45) is 4.64.